The summed E-state index contributed by atoms with van der Waals surface area (Å²) >= 11 is 0. The van der Waals surface area contributed by atoms with Gasteiger partial charge in [0.1, 0.15) is 11.3 Å². The molecule has 0 aliphatic heterocycles. The fraction of sp³-hybridized carbons (Fsp3) is 0.286. The molecular formula is C42H43N2O2Pt-. The number of phenols is 1. The summed E-state index contributed by atoms with van der Waals surface area (Å²) in [6, 6.07) is 32.4. The van der Waals surface area contributed by atoms with Crippen molar-refractivity contribution in [1.29, 1.82) is 0 Å². The molecule has 0 spiro atoms. The van der Waals surface area contributed by atoms with Gasteiger partial charge in [-0.1, -0.05) is 122 Å². The number of para-hydroxylation sites is 2. The zero-order valence-corrected chi connectivity index (χ0v) is 31.0. The first-order valence-electron chi connectivity index (χ1n) is 16.0. The van der Waals surface area contributed by atoms with Gasteiger partial charge in [-0.25, -0.2) is 4.98 Å². The summed E-state index contributed by atoms with van der Waals surface area (Å²) in [5.74, 6) is 0.516. The van der Waals surface area contributed by atoms with Crippen LogP contribution in [0.15, 0.2) is 95.5 Å². The number of phenolic OH excluding ortho intramolecular Hbond substituents is 1. The van der Waals surface area contributed by atoms with E-state index in [0.717, 1.165) is 33.5 Å². The van der Waals surface area contributed by atoms with E-state index in [1.807, 2.05) is 30.5 Å². The van der Waals surface area contributed by atoms with Gasteiger partial charge in [-0.2, -0.15) is 0 Å². The van der Waals surface area contributed by atoms with E-state index in [4.69, 9.17) is 14.4 Å². The zero-order chi connectivity index (χ0) is 33.0. The number of hydrogen-bond acceptors (Lipinski definition) is 4. The van der Waals surface area contributed by atoms with E-state index < -0.39 is 0 Å². The molecular weight excluding hydrogens is 760 g/mol. The van der Waals surface area contributed by atoms with Gasteiger partial charge in [-0.3, -0.25) is 4.98 Å². The van der Waals surface area contributed by atoms with Crippen molar-refractivity contribution in [3.05, 3.63) is 114 Å². The van der Waals surface area contributed by atoms with E-state index in [-0.39, 0.29) is 43.1 Å². The second-order valence-corrected chi connectivity index (χ2v) is 15.4. The monoisotopic (exact) mass is 802 g/mol. The van der Waals surface area contributed by atoms with Gasteiger partial charge >= 0.3 is 0 Å². The van der Waals surface area contributed by atoms with Crippen LogP contribution in [0.3, 0.4) is 0 Å². The predicted molar refractivity (Wildman–Crippen MR) is 190 cm³/mol. The maximum Gasteiger partial charge on any atom is 0.230 e. The van der Waals surface area contributed by atoms with Crippen molar-refractivity contribution in [3.63, 3.8) is 0 Å². The van der Waals surface area contributed by atoms with Crippen LogP contribution >= 0.6 is 0 Å². The molecule has 4 aromatic carbocycles. The van der Waals surface area contributed by atoms with Crippen molar-refractivity contribution >= 4 is 11.1 Å². The summed E-state index contributed by atoms with van der Waals surface area (Å²) in [6.45, 7) is 20.3. The van der Waals surface area contributed by atoms with Crippen molar-refractivity contribution in [2.75, 3.05) is 0 Å². The molecule has 0 saturated heterocycles. The topological polar surface area (TPSA) is 59.2 Å². The number of fused-ring (bicyclic) bond motifs is 1. The number of aromatic hydroxyl groups is 1. The summed E-state index contributed by atoms with van der Waals surface area (Å²) in [5, 5.41) is 10.5. The molecule has 2 aromatic heterocycles. The molecule has 6 rings (SSSR count). The molecule has 0 radical (unpaired) electrons. The smallest absolute Gasteiger partial charge is 0.230 e. The molecule has 1 N–H and O–H groups in total. The molecule has 2 heterocycles. The Morgan fingerprint density at radius 3 is 1.85 bits per heavy atom. The van der Waals surface area contributed by atoms with Crippen LogP contribution < -0.4 is 0 Å². The summed E-state index contributed by atoms with van der Waals surface area (Å²) in [7, 11) is 0. The van der Waals surface area contributed by atoms with Crippen molar-refractivity contribution < 1.29 is 30.6 Å². The standard InChI is InChI=1S/C42H43N2O2.Pt/c1-40(2,3)30-22-28(33-14-12-16-37-38(33)44-39(46-37)34-13-10-11-15-36(34)45)19-29(23-30)35-24-26(17-18-43-35)27-20-31(41(4,5)6)25-32(21-27)42(7,8)9;/h10-18,20-25,45H,1-9H3;/q-1;. The maximum absolute atomic E-state index is 10.5. The fourth-order valence-corrected chi connectivity index (χ4v) is 5.64. The molecule has 0 saturated carbocycles. The van der Waals surface area contributed by atoms with Gasteiger partial charge in [0, 0.05) is 33.0 Å². The van der Waals surface area contributed by atoms with Crippen molar-refractivity contribution in [1.82, 2.24) is 9.97 Å². The van der Waals surface area contributed by atoms with Crippen LogP contribution in [-0.2, 0) is 37.3 Å². The second kappa shape index (κ2) is 12.5. The zero-order valence-electron chi connectivity index (χ0n) is 28.7. The van der Waals surface area contributed by atoms with Crippen LogP contribution in [-0.4, -0.2) is 15.1 Å². The molecule has 0 bridgehead atoms. The normalized spacial score (nSPS) is 12.3. The number of rotatable bonds is 4. The molecule has 4 nitrogen and oxygen atoms in total. The van der Waals surface area contributed by atoms with Gasteiger partial charge in [-0.05, 0) is 62.8 Å². The van der Waals surface area contributed by atoms with Gasteiger partial charge in [0.05, 0.1) is 11.1 Å². The first-order chi connectivity index (χ1) is 21.6. The minimum Gasteiger partial charge on any atom is -0.507 e. The van der Waals surface area contributed by atoms with Crippen LogP contribution in [0.5, 0.6) is 5.75 Å². The molecule has 244 valence electrons. The van der Waals surface area contributed by atoms with E-state index in [1.54, 1.807) is 12.1 Å². The first-order valence-corrected chi connectivity index (χ1v) is 16.0. The number of pyridine rings is 1. The quantitative estimate of drug-likeness (QED) is 0.180. The van der Waals surface area contributed by atoms with Crippen LogP contribution in [0.25, 0.3) is 56.1 Å². The number of aromatic nitrogens is 2. The van der Waals surface area contributed by atoms with Crippen LogP contribution in [0.4, 0.5) is 0 Å². The van der Waals surface area contributed by atoms with E-state index in [2.05, 4.69) is 117 Å². The van der Waals surface area contributed by atoms with E-state index >= 15 is 0 Å². The minimum atomic E-state index is -0.114. The third kappa shape index (κ3) is 7.14. The molecule has 0 unspecified atom stereocenters. The minimum absolute atomic E-state index is 0. The number of nitrogens with zero attached hydrogens (tertiary/aromatic N) is 2. The number of benzene rings is 4. The van der Waals surface area contributed by atoms with Crippen LogP contribution in [0, 0.1) is 6.07 Å². The van der Waals surface area contributed by atoms with E-state index in [0.29, 0.717) is 17.0 Å². The molecule has 6 aromatic rings. The summed E-state index contributed by atoms with van der Waals surface area (Å²) < 4.78 is 6.14. The third-order valence-corrected chi connectivity index (χ3v) is 8.61. The Balaban J connectivity index is 0.00000433. The third-order valence-electron chi connectivity index (χ3n) is 8.61. The van der Waals surface area contributed by atoms with Gasteiger partial charge < -0.3 is 9.52 Å². The average Bonchev–Trinajstić information content (AvgIpc) is 3.44. The number of hydrogen-bond donors (Lipinski definition) is 1. The molecule has 0 fully saturated rings. The first kappa shape index (κ1) is 34.3. The Morgan fingerprint density at radius 2 is 1.21 bits per heavy atom. The van der Waals surface area contributed by atoms with Crippen LogP contribution in [0.1, 0.15) is 79.0 Å². The maximum atomic E-state index is 10.5. The summed E-state index contributed by atoms with van der Waals surface area (Å²) in [6.07, 6.45) is 1.90. The molecule has 0 aliphatic rings. The Kier molecular flexibility index (Phi) is 9.16. The molecule has 0 aliphatic carbocycles. The molecule has 5 heteroatoms. The summed E-state index contributed by atoms with van der Waals surface area (Å²) in [4.78, 5) is 9.72. The van der Waals surface area contributed by atoms with E-state index in [1.165, 1.54) is 22.3 Å². The number of oxazole rings is 1. The SMILES string of the molecule is CC(C)(C)c1cc(-c2cc(-c3cc(C(C)(C)C)cc(C(C)(C)C)c3)ccn2)[c-]c(-c2cccc3oc(-c4ccccc4O)nc23)c1.[Pt]. The molecule has 0 atom stereocenters. The molecule has 47 heavy (non-hydrogen) atoms. The second-order valence-electron chi connectivity index (χ2n) is 15.4. The van der Waals surface area contributed by atoms with Gasteiger partial charge in [0.2, 0.25) is 5.89 Å². The molecule has 0 amide bonds. The van der Waals surface area contributed by atoms with E-state index in [9.17, 15) is 5.11 Å². The van der Waals surface area contributed by atoms with Gasteiger partial charge in [-0.15, -0.1) is 29.3 Å². The summed E-state index contributed by atoms with van der Waals surface area (Å²) in [5.41, 5.74) is 11.6. The fourth-order valence-electron chi connectivity index (χ4n) is 5.64. The average molecular weight is 803 g/mol. The van der Waals surface area contributed by atoms with Gasteiger partial charge in [0.15, 0.2) is 0 Å². The Bertz CT molecular complexity index is 2040. The largest absolute Gasteiger partial charge is 0.507 e. The van der Waals surface area contributed by atoms with Crippen molar-refractivity contribution in [2.24, 2.45) is 0 Å². The predicted octanol–water partition coefficient (Wildman–Crippen LogP) is 11.3. The van der Waals surface area contributed by atoms with Crippen molar-refractivity contribution in [3.8, 4) is 50.7 Å². The Morgan fingerprint density at radius 1 is 0.617 bits per heavy atom. The van der Waals surface area contributed by atoms with Crippen molar-refractivity contribution in [2.45, 2.75) is 78.6 Å². The van der Waals surface area contributed by atoms with Crippen LogP contribution in [0.2, 0.25) is 0 Å². The Hall–Kier alpha value is -4.01. The Labute approximate surface area is 293 Å². The van der Waals surface area contributed by atoms with Gasteiger partial charge in [0.25, 0.3) is 0 Å².